The van der Waals surface area contributed by atoms with Gasteiger partial charge in [-0.1, -0.05) is 24.8 Å². The Kier molecular flexibility index (Phi) is 4.39. The lowest BCUT2D eigenvalue weighted by Crippen LogP contribution is -2.12. The van der Waals surface area contributed by atoms with Gasteiger partial charge in [0.2, 0.25) is 0 Å². The molecule has 0 atom stereocenters. The number of aromatic nitrogens is 2. The van der Waals surface area contributed by atoms with Gasteiger partial charge in [-0.15, -0.1) is 0 Å². The molecule has 1 aromatic heterocycles. The van der Waals surface area contributed by atoms with Crippen molar-refractivity contribution in [3.63, 3.8) is 0 Å². The van der Waals surface area contributed by atoms with Gasteiger partial charge in [0.1, 0.15) is 17.2 Å². The molecule has 0 saturated carbocycles. The molecule has 0 fully saturated rings. The fraction of sp³-hybridized carbons (Fsp3) is 0.286. The molecule has 2 aromatic rings. The summed E-state index contributed by atoms with van der Waals surface area (Å²) in [6.07, 6.45) is 2.38. The van der Waals surface area contributed by atoms with E-state index in [-0.39, 0.29) is 0 Å². The number of aryl methyl sites for hydroxylation is 2. The molecular weight excluding hydrogens is 256 g/mol. The Labute approximate surface area is 117 Å². The number of nitrogens with two attached hydrogens (primary N) is 1. The Balaban J connectivity index is 2.35. The van der Waals surface area contributed by atoms with Gasteiger partial charge < -0.3 is 5.43 Å². The van der Waals surface area contributed by atoms with Crippen LogP contribution in [0.4, 0.5) is 5.82 Å². The van der Waals surface area contributed by atoms with Crippen LogP contribution in [-0.4, -0.2) is 9.97 Å². The number of anilines is 1. The van der Waals surface area contributed by atoms with Crippen LogP contribution in [-0.2, 0) is 6.42 Å². The van der Waals surface area contributed by atoms with E-state index in [9.17, 15) is 0 Å². The minimum absolute atomic E-state index is 0.698. The highest BCUT2D eigenvalue weighted by molar-refractivity contribution is 7.99. The normalized spacial score (nSPS) is 10.5. The van der Waals surface area contributed by atoms with Crippen LogP contribution in [0.3, 0.4) is 0 Å². The van der Waals surface area contributed by atoms with Crippen molar-refractivity contribution in [2.75, 3.05) is 5.43 Å². The van der Waals surface area contributed by atoms with Gasteiger partial charge in [0.05, 0.1) is 0 Å². The van der Waals surface area contributed by atoms with E-state index < -0.39 is 0 Å². The molecule has 0 unspecified atom stereocenters. The van der Waals surface area contributed by atoms with Crippen LogP contribution in [0, 0.1) is 13.8 Å². The summed E-state index contributed by atoms with van der Waals surface area (Å²) >= 11 is 1.64. The van der Waals surface area contributed by atoms with E-state index in [1.807, 2.05) is 0 Å². The summed E-state index contributed by atoms with van der Waals surface area (Å²) in [5, 5.41) is 0.953. The number of hydrogen-bond donors (Lipinski definition) is 2. The minimum atomic E-state index is 0.698. The number of nitrogens with zero attached hydrogens (tertiary/aromatic N) is 2. The molecule has 0 saturated heterocycles. The van der Waals surface area contributed by atoms with Crippen LogP contribution in [0.1, 0.15) is 23.6 Å². The Morgan fingerprint density at radius 3 is 2.63 bits per heavy atom. The molecule has 0 spiro atoms. The van der Waals surface area contributed by atoms with Crippen LogP contribution in [0.2, 0.25) is 0 Å². The number of hydrogen-bond acceptors (Lipinski definition) is 5. The Morgan fingerprint density at radius 2 is 2.00 bits per heavy atom. The van der Waals surface area contributed by atoms with Crippen molar-refractivity contribution in [2.24, 2.45) is 5.84 Å². The second kappa shape index (κ2) is 6.04. The Hall–Kier alpha value is -1.59. The fourth-order valence-electron chi connectivity index (χ4n) is 1.82. The molecule has 1 aromatic carbocycles. The van der Waals surface area contributed by atoms with E-state index in [2.05, 4.69) is 54.4 Å². The maximum atomic E-state index is 5.48. The van der Waals surface area contributed by atoms with Gasteiger partial charge in [0.15, 0.2) is 0 Å². The van der Waals surface area contributed by atoms with Gasteiger partial charge in [0, 0.05) is 10.5 Å². The molecule has 0 radical (unpaired) electrons. The van der Waals surface area contributed by atoms with E-state index in [4.69, 9.17) is 5.84 Å². The smallest absolute Gasteiger partial charge is 0.147 e. The molecule has 0 amide bonds. The van der Waals surface area contributed by atoms with Crippen molar-refractivity contribution in [3.8, 4) is 0 Å². The zero-order valence-electron chi connectivity index (χ0n) is 11.4. The largest absolute Gasteiger partial charge is 0.308 e. The van der Waals surface area contributed by atoms with Gasteiger partial charge in [-0.05, 0) is 43.5 Å². The summed E-state index contributed by atoms with van der Waals surface area (Å²) in [6, 6.07) is 6.42. The second-order valence-electron chi connectivity index (χ2n) is 4.35. The van der Waals surface area contributed by atoms with Gasteiger partial charge in [-0.25, -0.2) is 15.8 Å². The summed E-state index contributed by atoms with van der Waals surface area (Å²) in [4.78, 5) is 9.68. The highest BCUT2D eigenvalue weighted by atomic mass is 32.2. The van der Waals surface area contributed by atoms with Crippen molar-refractivity contribution in [2.45, 2.75) is 37.1 Å². The second-order valence-corrected chi connectivity index (χ2v) is 5.41. The molecule has 100 valence electrons. The highest BCUT2D eigenvalue weighted by Crippen LogP contribution is 2.32. The number of nitrogen functional groups attached to an aromatic ring is 1. The van der Waals surface area contributed by atoms with Crippen LogP contribution >= 0.6 is 11.8 Å². The predicted molar refractivity (Wildman–Crippen MR) is 79.3 cm³/mol. The maximum Gasteiger partial charge on any atom is 0.147 e. The number of rotatable bonds is 4. The first-order valence-electron chi connectivity index (χ1n) is 6.21. The van der Waals surface area contributed by atoms with E-state index in [0.717, 1.165) is 17.0 Å². The van der Waals surface area contributed by atoms with E-state index >= 15 is 0 Å². The van der Waals surface area contributed by atoms with E-state index in [1.54, 1.807) is 11.8 Å². The fourth-order valence-corrected chi connectivity index (χ4v) is 2.88. The van der Waals surface area contributed by atoms with Crippen molar-refractivity contribution < 1.29 is 0 Å². The minimum Gasteiger partial charge on any atom is -0.308 e. The molecule has 0 aliphatic heterocycles. The lowest BCUT2D eigenvalue weighted by atomic mass is 10.1. The van der Waals surface area contributed by atoms with E-state index in [1.165, 1.54) is 22.3 Å². The van der Waals surface area contributed by atoms with Gasteiger partial charge in [-0.3, -0.25) is 0 Å². The van der Waals surface area contributed by atoms with Crippen molar-refractivity contribution in [3.05, 3.63) is 41.2 Å². The topological polar surface area (TPSA) is 63.8 Å². The quantitative estimate of drug-likeness (QED) is 0.509. The molecule has 19 heavy (non-hydrogen) atoms. The molecular formula is C14H18N4S. The molecule has 0 aliphatic carbocycles. The monoisotopic (exact) mass is 274 g/mol. The lowest BCUT2D eigenvalue weighted by Gasteiger charge is -2.11. The Bertz CT molecular complexity index is 584. The average Bonchev–Trinajstić information content (AvgIpc) is 2.42. The molecule has 4 nitrogen and oxygen atoms in total. The third kappa shape index (κ3) is 3.05. The molecule has 5 heteroatoms. The standard InChI is InChI=1S/C14H18N4S/c1-4-12-13(18-15)16-8-17-14(12)19-11-6-5-9(2)10(3)7-11/h5-8H,4,15H2,1-3H3,(H,16,17,18). The average molecular weight is 274 g/mol. The zero-order chi connectivity index (χ0) is 13.8. The summed E-state index contributed by atoms with van der Waals surface area (Å²) < 4.78 is 0. The van der Waals surface area contributed by atoms with Crippen LogP contribution in [0.5, 0.6) is 0 Å². The third-order valence-corrected chi connectivity index (χ3v) is 4.12. The first-order valence-corrected chi connectivity index (χ1v) is 7.03. The van der Waals surface area contributed by atoms with Gasteiger partial charge in [0.25, 0.3) is 0 Å². The van der Waals surface area contributed by atoms with Crippen molar-refractivity contribution in [1.82, 2.24) is 9.97 Å². The Morgan fingerprint density at radius 1 is 1.21 bits per heavy atom. The third-order valence-electron chi connectivity index (χ3n) is 3.09. The van der Waals surface area contributed by atoms with Crippen LogP contribution in [0.15, 0.2) is 34.4 Å². The molecule has 1 heterocycles. The SMILES string of the molecule is CCc1c(NN)ncnc1Sc1ccc(C)c(C)c1. The van der Waals surface area contributed by atoms with Crippen LogP contribution in [0.25, 0.3) is 0 Å². The van der Waals surface area contributed by atoms with Gasteiger partial charge in [-0.2, -0.15) is 0 Å². The summed E-state index contributed by atoms with van der Waals surface area (Å²) in [5.41, 5.74) is 6.26. The lowest BCUT2D eigenvalue weighted by molar-refractivity contribution is 0.940. The first kappa shape index (κ1) is 13.8. The van der Waals surface area contributed by atoms with E-state index in [0.29, 0.717) is 5.82 Å². The number of hydrazine groups is 1. The zero-order valence-corrected chi connectivity index (χ0v) is 12.2. The molecule has 0 aliphatic rings. The van der Waals surface area contributed by atoms with Gasteiger partial charge >= 0.3 is 0 Å². The highest BCUT2D eigenvalue weighted by Gasteiger charge is 2.10. The van der Waals surface area contributed by atoms with Crippen molar-refractivity contribution >= 4 is 17.6 Å². The maximum absolute atomic E-state index is 5.48. The first-order chi connectivity index (χ1) is 9.15. The molecule has 2 rings (SSSR count). The summed E-state index contributed by atoms with van der Waals surface area (Å²) in [7, 11) is 0. The summed E-state index contributed by atoms with van der Waals surface area (Å²) in [6.45, 7) is 6.30. The molecule has 3 N–H and O–H groups in total. The number of nitrogens with one attached hydrogen (secondary N) is 1. The van der Waals surface area contributed by atoms with Crippen LogP contribution < -0.4 is 11.3 Å². The number of benzene rings is 1. The summed E-state index contributed by atoms with van der Waals surface area (Å²) in [5.74, 6) is 6.18. The molecule has 0 bridgehead atoms. The van der Waals surface area contributed by atoms with Crippen molar-refractivity contribution in [1.29, 1.82) is 0 Å². The predicted octanol–water partition coefficient (Wildman–Crippen LogP) is 3.09.